The largest absolute Gasteiger partial charge is 0.508 e. The summed E-state index contributed by atoms with van der Waals surface area (Å²) in [5, 5.41) is 13.8. The lowest BCUT2D eigenvalue weighted by Gasteiger charge is -2.06. The van der Waals surface area contributed by atoms with Crippen molar-refractivity contribution in [2.24, 2.45) is 0 Å². The minimum Gasteiger partial charge on any atom is -0.508 e. The van der Waals surface area contributed by atoms with Crippen LogP contribution in [0.1, 0.15) is 34.6 Å². The topological polar surface area (TPSA) is 75.6 Å². The minimum atomic E-state index is -0.547. The standard InChI is InChI=1S/C13H10O4.C4H11N/c1-17-13(16)12-6-10(15)5-9-3-2-8(7-14)4-11(9)12;1-4(2)5-3/h2-7,15H,1H3;4-5H,1-3H3. The van der Waals surface area contributed by atoms with E-state index in [2.05, 4.69) is 23.9 Å². The fourth-order valence-corrected chi connectivity index (χ4v) is 1.71. The molecule has 0 unspecified atom stereocenters. The van der Waals surface area contributed by atoms with Crippen LogP contribution in [0.3, 0.4) is 0 Å². The molecular formula is C17H21NO4. The van der Waals surface area contributed by atoms with Gasteiger partial charge in [0.1, 0.15) is 12.0 Å². The van der Waals surface area contributed by atoms with Crippen molar-refractivity contribution >= 4 is 23.0 Å². The summed E-state index contributed by atoms with van der Waals surface area (Å²) in [4.78, 5) is 22.3. The number of aromatic hydroxyl groups is 1. The highest BCUT2D eigenvalue weighted by Crippen LogP contribution is 2.26. The Bertz CT molecular complexity index is 665. The van der Waals surface area contributed by atoms with Crippen LogP contribution < -0.4 is 5.32 Å². The smallest absolute Gasteiger partial charge is 0.338 e. The Hall–Kier alpha value is -2.40. The van der Waals surface area contributed by atoms with Gasteiger partial charge in [-0.1, -0.05) is 26.0 Å². The molecule has 2 aromatic rings. The second-order valence-electron chi connectivity index (χ2n) is 5.03. The van der Waals surface area contributed by atoms with Gasteiger partial charge < -0.3 is 15.2 Å². The Kier molecular flexibility index (Phi) is 6.53. The van der Waals surface area contributed by atoms with E-state index in [1.807, 2.05) is 7.05 Å². The van der Waals surface area contributed by atoms with Gasteiger partial charge in [0.15, 0.2) is 0 Å². The van der Waals surface area contributed by atoms with E-state index in [4.69, 9.17) is 0 Å². The van der Waals surface area contributed by atoms with E-state index >= 15 is 0 Å². The molecule has 0 atom stereocenters. The fourth-order valence-electron chi connectivity index (χ4n) is 1.71. The summed E-state index contributed by atoms with van der Waals surface area (Å²) in [6.07, 6.45) is 0.702. The first kappa shape index (κ1) is 17.7. The highest BCUT2D eigenvalue weighted by molar-refractivity contribution is 6.06. The van der Waals surface area contributed by atoms with Crippen molar-refractivity contribution in [1.82, 2.24) is 5.32 Å². The summed E-state index contributed by atoms with van der Waals surface area (Å²) in [7, 11) is 3.21. The van der Waals surface area contributed by atoms with Gasteiger partial charge in [0.2, 0.25) is 0 Å². The summed E-state index contributed by atoms with van der Waals surface area (Å²) >= 11 is 0. The van der Waals surface area contributed by atoms with Crippen LogP contribution in [0, 0.1) is 0 Å². The van der Waals surface area contributed by atoms with Crippen LogP contribution >= 0.6 is 0 Å². The highest BCUT2D eigenvalue weighted by Gasteiger charge is 2.12. The zero-order valence-corrected chi connectivity index (χ0v) is 13.2. The predicted octanol–water partition coefficient (Wildman–Crippen LogP) is 2.76. The quantitative estimate of drug-likeness (QED) is 0.673. The molecule has 0 spiro atoms. The Morgan fingerprint density at radius 1 is 1.27 bits per heavy atom. The molecule has 0 aromatic heterocycles. The first-order valence-electron chi connectivity index (χ1n) is 6.90. The first-order chi connectivity index (χ1) is 10.4. The van der Waals surface area contributed by atoms with Crippen LogP contribution in [-0.4, -0.2) is 37.6 Å². The third kappa shape index (κ3) is 4.56. The lowest BCUT2D eigenvalue weighted by atomic mass is 10.0. The van der Waals surface area contributed by atoms with Crippen molar-refractivity contribution < 1.29 is 19.4 Å². The number of phenols is 1. The Balaban J connectivity index is 0.000000422. The van der Waals surface area contributed by atoms with Crippen molar-refractivity contribution in [3.63, 3.8) is 0 Å². The number of carbonyl (C=O) groups excluding carboxylic acids is 2. The van der Waals surface area contributed by atoms with Gasteiger partial charge >= 0.3 is 5.97 Å². The van der Waals surface area contributed by atoms with Crippen molar-refractivity contribution in [1.29, 1.82) is 0 Å². The van der Waals surface area contributed by atoms with Gasteiger partial charge in [-0.15, -0.1) is 0 Å². The van der Waals surface area contributed by atoms with Crippen LogP contribution in [0.4, 0.5) is 0 Å². The minimum absolute atomic E-state index is 0.0169. The highest BCUT2D eigenvalue weighted by atomic mass is 16.5. The van der Waals surface area contributed by atoms with Crippen LogP contribution in [0.5, 0.6) is 5.75 Å². The molecule has 0 amide bonds. The second-order valence-corrected chi connectivity index (χ2v) is 5.03. The number of benzene rings is 2. The molecule has 0 radical (unpaired) electrons. The lowest BCUT2D eigenvalue weighted by Crippen LogP contribution is -2.15. The maximum absolute atomic E-state index is 11.6. The maximum Gasteiger partial charge on any atom is 0.338 e. The average molecular weight is 303 g/mol. The SMILES string of the molecule is CNC(C)C.COC(=O)c1cc(O)cc2ccc(C=O)cc12. The average Bonchev–Trinajstić information content (AvgIpc) is 2.53. The number of fused-ring (bicyclic) bond motifs is 1. The number of esters is 1. The number of rotatable bonds is 3. The van der Waals surface area contributed by atoms with E-state index in [1.54, 1.807) is 18.2 Å². The molecular weight excluding hydrogens is 282 g/mol. The molecule has 118 valence electrons. The number of nitrogens with one attached hydrogen (secondary N) is 1. The molecule has 0 saturated heterocycles. The van der Waals surface area contributed by atoms with Crippen molar-refractivity contribution in [3.8, 4) is 5.75 Å². The molecule has 0 fully saturated rings. The Labute approximate surface area is 129 Å². The van der Waals surface area contributed by atoms with Crippen molar-refractivity contribution in [3.05, 3.63) is 41.5 Å². The number of hydrogen-bond acceptors (Lipinski definition) is 5. The molecule has 2 aromatic carbocycles. The van der Waals surface area contributed by atoms with Crippen LogP contribution in [0.15, 0.2) is 30.3 Å². The number of aldehydes is 1. The zero-order chi connectivity index (χ0) is 16.7. The number of phenolic OH excluding ortho intramolecular Hbond substituents is 1. The van der Waals surface area contributed by atoms with Gasteiger partial charge in [-0.3, -0.25) is 4.79 Å². The third-order valence-corrected chi connectivity index (χ3v) is 3.08. The third-order valence-electron chi connectivity index (χ3n) is 3.08. The summed E-state index contributed by atoms with van der Waals surface area (Å²) in [6, 6.07) is 8.36. The van der Waals surface area contributed by atoms with E-state index in [0.29, 0.717) is 28.7 Å². The normalized spacial score (nSPS) is 10.0. The van der Waals surface area contributed by atoms with Crippen LogP contribution in [-0.2, 0) is 4.74 Å². The summed E-state index contributed by atoms with van der Waals surface area (Å²) in [5.74, 6) is -0.564. The molecule has 0 heterocycles. The van der Waals surface area contributed by atoms with Gasteiger partial charge in [-0.2, -0.15) is 0 Å². The molecule has 0 aliphatic rings. The first-order valence-corrected chi connectivity index (χ1v) is 6.90. The predicted molar refractivity (Wildman–Crippen MR) is 86.5 cm³/mol. The zero-order valence-electron chi connectivity index (χ0n) is 13.2. The van der Waals surface area contributed by atoms with E-state index < -0.39 is 5.97 Å². The van der Waals surface area contributed by atoms with E-state index in [1.165, 1.54) is 19.2 Å². The van der Waals surface area contributed by atoms with Gasteiger partial charge in [-0.05, 0) is 36.0 Å². The number of hydrogen-bond donors (Lipinski definition) is 2. The van der Waals surface area contributed by atoms with Crippen molar-refractivity contribution in [2.75, 3.05) is 14.2 Å². The number of methoxy groups -OCH3 is 1. The second kappa shape index (κ2) is 8.14. The number of carbonyl (C=O) groups is 2. The molecule has 5 nitrogen and oxygen atoms in total. The number of ether oxygens (including phenoxy) is 1. The van der Waals surface area contributed by atoms with Crippen LogP contribution in [0.25, 0.3) is 10.8 Å². The van der Waals surface area contributed by atoms with Gasteiger partial charge in [0.05, 0.1) is 12.7 Å². The van der Waals surface area contributed by atoms with Crippen LogP contribution in [0.2, 0.25) is 0 Å². The van der Waals surface area contributed by atoms with Gasteiger partial charge in [0.25, 0.3) is 0 Å². The molecule has 5 heteroatoms. The molecule has 0 saturated carbocycles. The monoisotopic (exact) mass is 303 g/mol. The van der Waals surface area contributed by atoms with Crippen molar-refractivity contribution in [2.45, 2.75) is 19.9 Å². The Morgan fingerprint density at radius 2 is 1.91 bits per heavy atom. The summed E-state index contributed by atoms with van der Waals surface area (Å²) in [6.45, 7) is 4.22. The fraction of sp³-hybridized carbons (Fsp3) is 0.294. The molecule has 0 bridgehead atoms. The Morgan fingerprint density at radius 3 is 2.41 bits per heavy atom. The summed E-state index contributed by atoms with van der Waals surface area (Å²) < 4.78 is 4.63. The molecule has 2 N–H and O–H groups in total. The molecule has 22 heavy (non-hydrogen) atoms. The van der Waals surface area contributed by atoms with E-state index in [9.17, 15) is 14.7 Å². The van der Waals surface area contributed by atoms with Gasteiger partial charge in [-0.25, -0.2) is 4.79 Å². The molecule has 0 aliphatic heterocycles. The van der Waals surface area contributed by atoms with Gasteiger partial charge in [0, 0.05) is 11.6 Å². The maximum atomic E-state index is 11.6. The molecule has 2 rings (SSSR count). The van der Waals surface area contributed by atoms with E-state index in [0.717, 1.165) is 0 Å². The lowest BCUT2D eigenvalue weighted by molar-refractivity contribution is 0.0602. The summed E-state index contributed by atoms with van der Waals surface area (Å²) in [5.41, 5.74) is 0.708. The van der Waals surface area contributed by atoms with E-state index in [-0.39, 0.29) is 11.3 Å². The molecule has 0 aliphatic carbocycles.